The predicted molar refractivity (Wildman–Crippen MR) is 66.4 cm³/mol. The summed E-state index contributed by atoms with van der Waals surface area (Å²) in [6.45, 7) is 6.43. The van der Waals surface area contributed by atoms with E-state index in [0.29, 0.717) is 0 Å². The zero-order valence-electron chi connectivity index (χ0n) is 10.5. The van der Waals surface area contributed by atoms with Crippen molar-refractivity contribution in [3.05, 3.63) is 33.9 Å². The second-order valence-electron chi connectivity index (χ2n) is 4.01. The number of aryl methyl sites for hydroxylation is 2. The third-order valence-corrected chi connectivity index (χ3v) is 3.28. The van der Waals surface area contributed by atoms with Gasteiger partial charge in [0.05, 0.1) is 13.2 Å². The van der Waals surface area contributed by atoms with E-state index in [1.807, 2.05) is 0 Å². The number of rotatable bonds is 5. The first-order chi connectivity index (χ1) is 7.73. The highest BCUT2D eigenvalue weighted by atomic mass is 16.3. The minimum Gasteiger partial charge on any atom is -0.392 e. The molecule has 1 aromatic rings. The lowest BCUT2D eigenvalue weighted by Gasteiger charge is -2.18. The van der Waals surface area contributed by atoms with E-state index in [4.69, 9.17) is 0 Å². The number of hydrogen-bond donors (Lipinski definition) is 2. The molecule has 0 aliphatic heterocycles. The van der Waals surface area contributed by atoms with Crippen LogP contribution in [0.15, 0.2) is 6.07 Å². The smallest absolute Gasteiger partial charge is 0.0687 e. The minimum atomic E-state index is 0.0728. The quantitative estimate of drug-likeness (QED) is 0.803. The van der Waals surface area contributed by atoms with Gasteiger partial charge in [-0.15, -0.1) is 0 Å². The van der Waals surface area contributed by atoms with Crippen molar-refractivity contribution in [3.63, 3.8) is 0 Å². The van der Waals surface area contributed by atoms with Crippen molar-refractivity contribution in [1.82, 2.24) is 0 Å². The Balaban J connectivity index is 3.47. The highest BCUT2D eigenvalue weighted by Gasteiger charge is 2.13. The van der Waals surface area contributed by atoms with Crippen molar-refractivity contribution in [2.24, 2.45) is 0 Å². The van der Waals surface area contributed by atoms with Crippen molar-refractivity contribution < 1.29 is 10.2 Å². The van der Waals surface area contributed by atoms with Crippen molar-refractivity contribution in [2.45, 2.75) is 53.2 Å². The van der Waals surface area contributed by atoms with Crippen LogP contribution in [0.2, 0.25) is 0 Å². The van der Waals surface area contributed by atoms with Gasteiger partial charge >= 0.3 is 0 Å². The van der Waals surface area contributed by atoms with Gasteiger partial charge in [-0.05, 0) is 47.1 Å². The van der Waals surface area contributed by atoms with Gasteiger partial charge in [0.15, 0.2) is 0 Å². The van der Waals surface area contributed by atoms with Crippen LogP contribution in [0.25, 0.3) is 0 Å². The average molecular weight is 222 g/mol. The predicted octanol–water partition coefficient (Wildman–Crippen LogP) is 2.36. The highest BCUT2D eigenvalue weighted by molar-refractivity contribution is 5.46. The summed E-state index contributed by atoms with van der Waals surface area (Å²) in [5.74, 6) is 0. The van der Waals surface area contributed by atoms with Gasteiger partial charge in [0.1, 0.15) is 0 Å². The van der Waals surface area contributed by atoms with Crippen LogP contribution in [-0.2, 0) is 32.5 Å². The second-order valence-corrected chi connectivity index (χ2v) is 4.01. The molecule has 0 spiro atoms. The second kappa shape index (κ2) is 6.02. The normalized spacial score (nSPS) is 10.8. The van der Waals surface area contributed by atoms with E-state index in [-0.39, 0.29) is 13.2 Å². The van der Waals surface area contributed by atoms with Crippen LogP contribution in [0.1, 0.15) is 48.6 Å². The van der Waals surface area contributed by atoms with Gasteiger partial charge in [-0.3, -0.25) is 0 Å². The molecule has 0 saturated heterocycles. The monoisotopic (exact) mass is 222 g/mol. The number of aliphatic hydroxyl groups is 2. The molecule has 2 N–H and O–H groups in total. The molecule has 0 radical (unpaired) electrons. The van der Waals surface area contributed by atoms with E-state index in [1.165, 1.54) is 11.1 Å². The molecule has 0 unspecified atom stereocenters. The van der Waals surface area contributed by atoms with Crippen LogP contribution < -0.4 is 0 Å². The summed E-state index contributed by atoms with van der Waals surface area (Å²) < 4.78 is 0. The lowest BCUT2D eigenvalue weighted by molar-refractivity contribution is 0.271. The van der Waals surface area contributed by atoms with Crippen LogP contribution in [-0.4, -0.2) is 10.2 Å². The molecule has 2 heteroatoms. The largest absolute Gasteiger partial charge is 0.392 e. The van der Waals surface area contributed by atoms with Gasteiger partial charge < -0.3 is 10.2 Å². The van der Waals surface area contributed by atoms with E-state index in [0.717, 1.165) is 36.0 Å². The van der Waals surface area contributed by atoms with E-state index in [1.54, 1.807) is 0 Å². The molecule has 0 aliphatic rings. The SMILES string of the molecule is CCc1cc(CC)c(CO)c(CC)c1CO. The van der Waals surface area contributed by atoms with Gasteiger partial charge in [0.2, 0.25) is 0 Å². The van der Waals surface area contributed by atoms with Gasteiger partial charge in [-0.25, -0.2) is 0 Å². The first-order valence-corrected chi connectivity index (χ1v) is 6.10. The minimum absolute atomic E-state index is 0.0728. The Kier molecular flexibility index (Phi) is 4.97. The molecule has 0 saturated carbocycles. The summed E-state index contributed by atoms with van der Waals surface area (Å²) in [7, 11) is 0. The van der Waals surface area contributed by atoms with Crippen LogP contribution >= 0.6 is 0 Å². The average Bonchev–Trinajstić information content (AvgIpc) is 2.35. The maximum Gasteiger partial charge on any atom is 0.0687 e. The van der Waals surface area contributed by atoms with Crippen LogP contribution in [0.3, 0.4) is 0 Å². The zero-order chi connectivity index (χ0) is 12.1. The molecule has 0 amide bonds. The first-order valence-electron chi connectivity index (χ1n) is 6.10. The third kappa shape index (κ3) is 2.28. The number of aliphatic hydroxyl groups excluding tert-OH is 2. The van der Waals surface area contributed by atoms with E-state index < -0.39 is 0 Å². The Labute approximate surface area is 97.9 Å². The molecule has 0 aliphatic carbocycles. The van der Waals surface area contributed by atoms with Crippen LogP contribution in [0, 0.1) is 0 Å². The van der Waals surface area contributed by atoms with Gasteiger partial charge in [-0.2, -0.15) is 0 Å². The zero-order valence-corrected chi connectivity index (χ0v) is 10.5. The molecule has 0 aromatic heterocycles. The molecule has 0 heterocycles. The Morgan fingerprint density at radius 1 is 0.750 bits per heavy atom. The van der Waals surface area contributed by atoms with Gasteiger partial charge in [0, 0.05) is 0 Å². The molecule has 0 fully saturated rings. The van der Waals surface area contributed by atoms with E-state index >= 15 is 0 Å². The fourth-order valence-corrected chi connectivity index (χ4v) is 2.41. The van der Waals surface area contributed by atoms with E-state index in [2.05, 4.69) is 26.8 Å². The summed E-state index contributed by atoms with van der Waals surface area (Å²) in [5.41, 5.74) is 5.61. The maximum atomic E-state index is 9.46. The maximum absolute atomic E-state index is 9.46. The molecule has 16 heavy (non-hydrogen) atoms. The summed E-state index contributed by atoms with van der Waals surface area (Å²) >= 11 is 0. The van der Waals surface area contributed by atoms with Crippen molar-refractivity contribution in [2.75, 3.05) is 0 Å². The molecular weight excluding hydrogens is 200 g/mol. The molecule has 2 nitrogen and oxygen atoms in total. The Morgan fingerprint density at radius 2 is 1.19 bits per heavy atom. The van der Waals surface area contributed by atoms with E-state index in [9.17, 15) is 10.2 Å². The lowest BCUT2D eigenvalue weighted by Crippen LogP contribution is -2.07. The summed E-state index contributed by atoms with van der Waals surface area (Å²) in [6, 6.07) is 2.14. The Bertz CT molecular complexity index is 326. The summed E-state index contributed by atoms with van der Waals surface area (Å²) in [4.78, 5) is 0. The standard InChI is InChI=1S/C14H22O2/c1-4-10-7-11(5-2)14(9-16)12(6-3)13(10)8-15/h7,15-16H,4-6,8-9H2,1-3H3. The molecule has 90 valence electrons. The Morgan fingerprint density at radius 3 is 1.44 bits per heavy atom. The van der Waals surface area contributed by atoms with Gasteiger partial charge in [-0.1, -0.05) is 26.8 Å². The van der Waals surface area contributed by atoms with Crippen LogP contribution in [0.4, 0.5) is 0 Å². The van der Waals surface area contributed by atoms with Crippen molar-refractivity contribution in [1.29, 1.82) is 0 Å². The topological polar surface area (TPSA) is 40.5 Å². The molecule has 1 rings (SSSR count). The third-order valence-electron chi connectivity index (χ3n) is 3.28. The number of hydrogen-bond acceptors (Lipinski definition) is 2. The Hall–Kier alpha value is -0.860. The van der Waals surface area contributed by atoms with Crippen molar-refractivity contribution >= 4 is 0 Å². The number of benzene rings is 1. The molecule has 0 bridgehead atoms. The molecule has 0 atom stereocenters. The summed E-state index contributed by atoms with van der Waals surface area (Å²) in [5, 5.41) is 18.9. The van der Waals surface area contributed by atoms with Crippen molar-refractivity contribution in [3.8, 4) is 0 Å². The fraction of sp³-hybridized carbons (Fsp3) is 0.571. The first kappa shape index (κ1) is 13.2. The fourth-order valence-electron chi connectivity index (χ4n) is 2.41. The molecular formula is C14H22O2. The summed E-state index contributed by atoms with van der Waals surface area (Å²) in [6.07, 6.45) is 2.73. The van der Waals surface area contributed by atoms with Gasteiger partial charge in [0.25, 0.3) is 0 Å². The molecule has 1 aromatic carbocycles. The highest BCUT2D eigenvalue weighted by Crippen LogP contribution is 2.25. The van der Waals surface area contributed by atoms with Crippen LogP contribution in [0.5, 0.6) is 0 Å². The lowest BCUT2D eigenvalue weighted by atomic mass is 9.89.